The van der Waals surface area contributed by atoms with Crippen molar-refractivity contribution in [3.8, 4) is 17.0 Å². The van der Waals surface area contributed by atoms with Crippen LogP contribution in [-0.4, -0.2) is 58.6 Å². The van der Waals surface area contributed by atoms with Crippen LogP contribution in [0.2, 0.25) is 0 Å². The van der Waals surface area contributed by atoms with Crippen LogP contribution in [-0.2, 0) is 16.1 Å². The topological polar surface area (TPSA) is 85.3 Å². The number of carbonyl (C=O) groups is 1. The zero-order valence-electron chi connectivity index (χ0n) is 18.7. The predicted molar refractivity (Wildman–Crippen MR) is 124 cm³/mol. The Kier molecular flexibility index (Phi) is 5.27. The van der Waals surface area contributed by atoms with Crippen molar-refractivity contribution >= 4 is 22.9 Å². The van der Waals surface area contributed by atoms with Crippen LogP contribution in [0.3, 0.4) is 0 Å². The highest BCUT2D eigenvalue weighted by Gasteiger charge is 2.27. The summed E-state index contributed by atoms with van der Waals surface area (Å²) in [6, 6.07) is 9.76. The second-order valence-electron chi connectivity index (χ2n) is 8.66. The Morgan fingerprint density at radius 1 is 1.16 bits per heavy atom. The van der Waals surface area contributed by atoms with Crippen LogP contribution in [0.15, 0.2) is 36.5 Å². The number of nitrogens with two attached hydrogens (primary N) is 1. The molecule has 4 heterocycles. The van der Waals surface area contributed by atoms with Crippen molar-refractivity contribution in [1.82, 2.24) is 14.3 Å². The Morgan fingerprint density at radius 2 is 1.94 bits per heavy atom. The van der Waals surface area contributed by atoms with Crippen LogP contribution in [0, 0.1) is 0 Å². The SMILES string of the molecule is CCN1C(=O)COc2ccc(-c3nc4ccc(N)cn4c3CN3CC(C)OC(C)C3)cc21. The van der Waals surface area contributed by atoms with Gasteiger partial charge in [-0.05, 0) is 51.1 Å². The fourth-order valence-corrected chi connectivity index (χ4v) is 4.81. The standard InChI is InChI=1S/C24H29N5O3/c1-4-28-19-9-17(5-7-21(19)31-14-23(28)30)24-20(13-27-10-15(2)32-16(3)11-27)29-12-18(25)6-8-22(29)26-24/h5-9,12,15-16H,4,10-11,13-14,25H2,1-3H3. The summed E-state index contributed by atoms with van der Waals surface area (Å²) in [5, 5.41) is 0. The van der Waals surface area contributed by atoms with Crippen LogP contribution in [0.4, 0.5) is 11.4 Å². The molecule has 0 saturated carbocycles. The maximum atomic E-state index is 12.4. The molecule has 2 aliphatic rings. The molecule has 0 radical (unpaired) electrons. The van der Waals surface area contributed by atoms with Crippen LogP contribution in [0.1, 0.15) is 26.5 Å². The number of morpholine rings is 1. The molecule has 0 spiro atoms. The van der Waals surface area contributed by atoms with Crippen molar-refractivity contribution in [3.63, 3.8) is 0 Å². The second kappa shape index (κ2) is 8.11. The number of ether oxygens (including phenoxy) is 2. The fraction of sp³-hybridized carbons (Fsp3) is 0.417. The molecule has 0 aliphatic carbocycles. The number of likely N-dealkylation sites (N-methyl/N-ethyl adjacent to an activating group) is 1. The average Bonchev–Trinajstić information content (AvgIpc) is 3.10. The lowest BCUT2D eigenvalue weighted by atomic mass is 10.1. The maximum absolute atomic E-state index is 12.4. The molecule has 2 aromatic heterocycles. The first-order chi connectivity index (χ1) is 15.4. The highest BCUT2D eigenvalue weighted by molar-refractivity contribution is 5.98. The molecule has 2 atom stereocenters. The minimum absolute atomic E-state index is 0.0311. The third-order valence-electron chi connectivity index (χ3n) is 6.10. The number of aromatic nitrogens is 2. The van der Waals surface area contributed by atoms with Gasteiger partial charge >= 0.3 is 0 Å². The molecular formula is C24H29N5O3. The highest BCUT2D eigenvalue weighted by atomic mass is 16.5. The number of carbonyl (C=O) groups excluding carboxylic acids is 1. The highest BCUT2D eigenvalue weighted by Crippen LogP contribution is 2.37. The summed E-state index contributed by atoms with van der Waals surface area (Å²) < 4.78 is 13.6. The van der Waals surface area contributed by atoms with Crippen LogP contribution in [0.25, 0.3) is 16.9 Å². The zero-order valence-corrected chi connectivity index (χ0v) is 18.7. The minimum Gasteiger partial charge on any atom is -0.482 e. The van der Waals surface area contributed by atoms with Crippen molar-refractivity contribution < 1.29 is 14.3 Å². The normalized spacial score (nSPS) is 21.6. The minimum atomic E-state index is -0.0311. The number of rotatable bonds is 4. The lowest BCUT2D eigenvalue weighted by Crippen LogP contribution is -2.45. The summed E-state index contributed by atoms with van der Waals surface area (Å²) in [6.45, 7) is 9.29. The van der Waals surface area contributed by atoms with Gasteiger partial charge in [0.2, 0.25) is 0 Å². The van der Waals surface area contributed by atoms with Crippen LogP contribution >= 0.6 is 0 Å². The first kappa shape index (κ1) is 20.8. The van der Waals surface area contributed by atoms with E-state index in [4.69, 9.17) is 20.2 Å². The number of amides is 1. The van der Waals surface area contributed by atoms with E-state index in [1.54, 1.807) is 4.90 Å². The Hall–Kier alpha value is -3.10. The van der Waals surface area contributed by atoms with Crippen molar-refractivity contribution in [2.24, 2.45) is 0 Å². The Morgan fingerprint density at radius 3 is 2.69 bits per heavy atom. The van der Waals surface area contributed by atoms with E-state index in [-0.39, 0.29) is 24.7 Å². The number of anilines is 2. The molecule has 8 nitrogen and oxygen atoms in total. The number of pyridine rings is 1. The quantitative estimate of drug-likeness (QED) is 0.678. The zero-order chi connectivity index (χ0) is 22.4. The average molecular weight is 436 g/mol. The third kappa shape index (κ3) is 3.69. The van der Waals surface area contributed by atoms with E-state index in [0.717, 1.165) is 53.7 Å². The Bertz CT molecular complexity index is 1160. The Labute approximate surface area is 187 Å². The number of imidazole rings is 1. The van der Waals surface area contributed by atoms with Gasteiger partial charge in [-0.25, -0.2) is 4.98 Å². The van der Waals surface area contributed by atoms with Crippen LogP contribution < -0.4 is 15.4 Å². The number of fused-ring (bicyclic) bond motifs is 2. The molecule has 2 unspecified atom stereocenters. The molecule has 1 fully saturated rings. The molecule has 1 amide bonds. The maximum Gasteiger partial charge on any atom is 0.265 e. The van der Waals surface area contributed by atoms with E-state index in [2.05, 4.69) is 23.1 Å². The van der Waals surface area contributed by atoms with E-state index in [1.807, 2.05) is 43.5 Å². The largest absolute Gasteiger partial charge is 0.482 e. The first-order valence-corrected chi connectivity index (χ1v) is 11.1. The lowest BCUT2D eigenvalue weighted by Gasteiger charge is -2.35. The number of hydrogen-bond acceptors (Lipinski definition) is 6. The first-order valence-electron chi connectivity index (χ1n) is 11.1. The van der Waals surface area contributed by atoms with E-state index in [9.17, 15) is 4.79 Å². The van der Waals surface area contributed by atoms with Gasteiger partial charge in [0.05, 0.1) is 29.3 Å². The summed E-state index contributed by atoms with van der Waals surface area (Å²) in [4.78, 5) is 21.5. The van der Waals surface area contributed by atoms with Gasteiger partial charge in [0.25, 0.3) is 5.91 Å². The lowest BCUT2D eigenvalue weighted by molar-refractivity contribution is -0.121. The molecule has 2 aliphatic heterocycles. The molecule has 8 heteroatoms. The fourth-order valence-electron chi connectivity index (χ4n) is 4.81. The molecule has 1 aromatic carbocycles. The Balaban J connectivity index is 1.61. The molecular weight excluding hydrogens is 406 g/mol. The third-order valence-corrected chi connectivity index (χ3v) is 6.10. The summed E-state index contributed by atoms with van der Waals surface area (Å²) in [6.07, 6.45) is 2.28. The van der Waals surface area contributed by atoms with Gasteiger partial charge in [0, 0.05) is 43.6 Å². The molecule has 1 saturated heterocycles. The van der Waals surface area contributed by atoms with Crippen LogP contribution in [0.5, 0.6) is 5.75 Å². The summed E-state index contributed by atoms with van der Waals surface area (Å²) >= 11 is 0. The molecule has 5 rings (SSSR count). The van der Waals surface area contributed by atoms with Crippen molar-refractivity contribution in [2.75, 3.05) is 36.9 Å². The summed E-state index contributed by atoms with van der Waals surface area (Å²) in [5.74, 6) is 0.692. The van der Waals surface area contributed by atoms with E-state index in [0.29, 0.717) is 12.2 Å². The molecule has 2 N–H and O–H groups in total. The number of benzene rings is 1. The number of hydrogen-bond donors (Lipinski definition) is 1. The van der Waals surface area contributed by atoms with Gasteiger partial charge in [0.1, 0.15) is 11.4 Å². The van der Waals surface area contributed by atoms with E-state index < -0.39 is 0 Å². The second-order valence-corrected chi connectivity index (χ2v) is 8.66. The van der Waals surface area contributed by atoms with Crippen molar-refractivity contribution in [3.05, 3.63) is 42.2 Å². The van der Waals surface area contributed by atoms with E-state index >= 15 is 0 Å². The van der Waals surface area contributed by atoms with Gasteiger partial charge in [-0.2, -0.15) is 0 Å². The van der Waals surface area contributed by atoms with Crippen molar-refractivity contribution in [1.29, 1.82) is 0 Å². The van der Waals surface area contributed by atoms with Gasteiger partial charge in [0.15, 0.2) is 6.61 Å². The number of nitrogens with zero attached hydrogens (tertiary/aromatic N) is 4. The smallest absolute Gasteiger partial charge is 0.265 e. The summed E-state index contributed by atoms with van der Waals surface area (Å²) in [7, 11) is 0. The van der Waals surface area contributed by atoms with E-state index in [1.165, 1.54) is 0 Å². The molecule has 0 bridgehead atoms. The van der Waals surface area contributed by atoms with Gasteiger partial charge in [-0.15, -0.1) is 0 Å². The number of nitrogen functional groups attached to an aromatic ring is 1. The van der Waals surface area contributed by atoms with Gasteiger partial charge < -0.3 is 24.5 Å². The molecule has 32 heavy (non-hydrogen) atoms. The monoisotopic (exact) mass is 435 g/mol. The van der Waals surface area contributed by atoms with Gasteiger partial charge in [-0.3, -0.25) is 9.69 Å². The molecule has 3 aromatic rings. The molecule has 168 valence electrons. The van der Waals surface area contributed by atoms with Crippen molar-refractivity contribution in [2.45, 2.75) is 39.5 Å². The van der Waals surface area contributed by atoms with Gasteiger partial charge in [-0.1, -0.05) is 0 Å². The predicted octanol–water partition coefficient (Wildman–Crippen LogP) is 2.94. The summed E-state index contributed by atoms with van der Waals surface area (Å²) in [5.41, 5.74) is 11.3.